The van der Waals surface area contributed by atoms with Crippen molar-refractivity contribution in [2.24, 2.45) is 0 Å². The molecule has 9 heteroatoms. The van der Waals surface area contributed by atoms with E-state index < -0.39 is 22.0 Å². The molecule has 0 aliphatic carbocycles. The molecule has 0 saturated heterocycles. The predicted octanol–water partition coefficient (Wildman–Crippen LogP) is 2.52. The van der Waals surface area contributed by atoms with Crippen molar-refractivity contribution in [3.8, 4) is 0 Å². The minimum absolute atomic E-state index is 0.0280. The molecule has 0 unspecified atom stereocenters. The highest BCUT2D eigenvalue weighted by molar-refractivity contribution is 7.89. The van der Waals surface area contributed by atoms with Crippen LogP contribution in [0.2, 0.25) is 5.02 Å². The number of hydrogen-bond donors (Lipinski definition) is 3. The molecule has 3 N–H and O–H groups in total. The van der Waals surface area contributed by atoms with Gasteiger partial charge in [-0.2, -0.15) is 4.72 Å². The second-order valence-corrected chi connectivity index (χ2v) is 7.54. The van der Waals surface area contributed by atoms with Crippen LogP contribution >= 0.6 is 11.6 Å². The number of aromatic nitrogens is 2. The number of carbonyl (C=O) groups excluding carboxylic acids is 1. The Kier molecular flexibility index (Phi) is 4.76. The van der Waals surface area contributed by atoms with Gasteiger partial charge in [0, 0.05) is 5.02 Å². The second-order valence-electron chi connectivity index (χ2n) is 5.39. The number of nitrogens with zero attached hydrogens (tertiary/aromatic N) is 1. The lowest BCUT2D eigenvalue weighted by Gasteiger charge is -2.13. The van der Waals surface area contributed by atoms with Gasteiger partial charge < -0.3 is 4.98 Å². The summed E-state index contributed by atoms with van der Waals surface area (Å²) in [6.07, 6.45) is 0. The van der Waals surface area contributed by atoms with Crippen LogP contribution in [0.25, 0.3) is 11.0 Å². The summed E-state index contributed by atoms with van der Waals surface area (Å²) in [5.41, 5.74) is 1.47. The lowest BCUT2D eigenvalue weighted by atomic mass is 10.3. The molecule has 1 amide bonds. The Morgan fingerprint density at radius 2 is 1.84 bits per heavy atom. The number of fused-ring (bicyclic) bond motifs is 1. The van der Waals surface area contributed by atoms with E-state index in [1.807, 2.05) is 18.2 Å². The molecule has 1 atom stereocenters. The molecule has 1 heterocycles. The fourth-order valence-electron chi connectivity index (χ4n) is 2.20. The number of halogens is 1. The number of H-pyrrole nitrogens is 1. The number of hydrogen-bond acceptors (Lipinski definition) is 4. The molecule has 0 radical (unpaired) electrons. The lowest BCUT2D eigenvalue weighted by molar-refractivity contribution is -0.117. The zero-order chi connectivity index (χ0) is 18.0. The molecule has 3 rings (SSSR count). The predicted molar refractivity (Wildman–Crippen MR) is 96.0 cm³/mol. The van der Waals surface area contributed by atoms with Gasteiger partial charge in [-0.3, -0.25) is 10.1 Å². The average Bonchev–Trinajstić information content (AvgIpc) is 2.97. The molecule has 0 aliphatic heterocycles. The van der Waals surface area contributed by atoms with Gasteiger partial charge in [0.1, 0.15) is 0 Å². The van der Waals surface area contributed by atoms with E-state index in [1.54, 1.807) is 6.07 Å². The minimum atomic E-state index is -3.84. The van der Waals surface area contributed by atoms with Crippen molar-refractivity contribution in [3.05, 3.63) is 53.6 Å². The average molecular weight is 379 g/mol. The van der Waals surface area contributed by atoms with Crippen LogP contribution in [0.5, 0.6) is 0 Å². The largest absolute Gasteiger partial charge is 0.324 e. The first kappa shape index (κ1) is 17.4. The van der Waals surface area contributed by atoms with Crippen LogP contribution in [-0.2, 0) is 14.8 Å². The summed E-state index contributed by atoms with van der Waals surface area (Å²) >= 11 is 5.75. The maximum Gasteiger partial charge on any atom is 0.244 e. The van der Waals surface area contributed by atoms with Gasteiger partial charge in [-0.1, -0.05) is 23.7 Å². The maximum atomic E-state index is 12.3. The summed E-state index contributed by atoms with van der Waals surface area (Å²) in [7, 11) is -3.84. The third-order valence-electron chi connectivity index (χ3n) is 3.48. The van der Waals surface area contributed by atoms with Crippen molar-refractivity contribution in [3.63, 3.8) is 0 Å². The number of amides is 1. The van der Waals surface area contributed by atoms with E-state index in [9.17, 15) is 13.2 Å². The van der Waals surface area contributed by atoms with E-state index in [1.165, 1.54) is 31.2 Å². The van der Waals surface area contributed by atoms with Crippen molar-refractivity contribution in [1.29, 1.82) is 0 Å². The van der Waals surface area contributed by atoms with Crippen molar-refractivity contribution < 1.29 is 13.2 Å². The zero-order valence-corrected chi connectivity index (χ0v) is 14.7. The van der Waals surface area contributed by atoms with Crippen LogP contribution in [-0.4, -0.2) is 30.3 Å². The number of sulfonamides is 1. The topological polar surface area (TPSA) is 104 Å². The molecular formula is C16H15ClN4O3S. The van der Waals surface area contributed by atoms with E-state index in [2.05, 4.69) is 20.0 Å². The standard InChI is InChI=1S/C16H15ClN4O3S/c1-10(21-25(23,24)12-8-6-11(17)7-9-12)15(22)20-16-18-13-4-2-3-5-14(13)19-16/h2-10,21H,1H3,(H2,18,19,20,22)/t10-/m0/s1. The Labute approximate surface area is 149 Å². The first-order valence-electron chi connectivity index (χ1n) is 7.39. The van der Waals surface area contributed by atoms with Gasteiger partial charge >= 0.3 is 0 Å². The maximum absolute atomic E-state index is 12.3. The number of benzene rings is 2. The second kappa shape index (κ2) is 6.83. The fraction of sp³-hybridized carbons (Fsp3) is 0.125. The number of para-hydroxylation sites is 2. The Hall–Kier alpha value is -2.42. The molecule has 2 aromatic carbocycles. The molecular weight excluding hydrogens is 364 g/mol. The van der Waals surface area contributed by atoms with Gasteiger partial charge in [0.25, 0.3) is 0 Å². The Morgan fingerprint density at radius 1 is 1.16 bits per heavy atom. The first-order valence-corrected chi connectivity index (χ1v) is 9.25. The van der Waals surface area contributed by atoms with Crippen LogP contribution in [0.15, 0.2) is 53.4 Å². The molecule has 1 aromatic heterocycles. The van der Waals surface area contributed by atoms with Crippen LogP contribution in [0.1, 0.15) is 6.92 Å². The minimum Gasteiger partial charge on any atom is -0.324 e. The van der Waals surface area contributed by atoms with E-state index in [4.69, 9.17) is 11.6 Å². The van der Waals surface area contributed by atoms with Crippen LogP contribution < -0.4 is 10.0 Å². The van der Waals surface area contributed by atoms with Gasteiger partial charge in [-0.05, 0) is 43.3 Å². The molecule has 0 bridgehead atoms. The third kappa shape index (κ3) is 3.98. The summed E-state index contributed by atoms with van der Waals surface area (Å²) in [6.45, 7) is 1.45. The number of nitrogens with one attached hydrogen (secondary N) is 3. The fourth-order valence-corrected chi connectivity index (χ4v) is 3.53. The lowest BCUT2D eigenvalue weighted by Crippen LogP contribution is -2.41. The number of carbonyl (C=O) groups is 1. The quantitative estimate of drug-likeness (QED) is 0.634. The highest BCUT2D eigenvalue weighted by atomic mass is 35.5. The smallest absolute Gasteiger partial charge is 0.244 e. The Morgan fingerprint density at radius 3 is 2.52 bits per heavy atom. The number of aromatic amines is 1. The monoisotopic (exact) mass is 378 g/mol. The zero-order valence-electron chi connectivity index (χ0n) is 13.2. The number of rotatable bonds is 5. The normalized spacial score (nSPS) is 12.9. The van der Waals surface area contributed by atoms with Gasteiger partial charge in [-0.15, -0.1) is 0 Å². The molecule has 7 nitrogen and oxygen atoms in total. The molecule has 3 aromatic rings. The molecule has 0 saturated carbocycles. The summed E-state index contributed by atoms with van der Waals surface area (Å²) in [4.78, 5) is 19.4. The van der Waals surface area contributed by atoms with Crippen molar-refractivity contribution in [2.45, 2.75) is 17.9 Å². The van der Waals surface area contributed by atoms with Gasteiger partial charge in [0.15, 0.2) is 0 Å². The van der Waals surface area contributed by atoms with Gasteiger partial charge in [0.05, 0.1) is 22.0 Å². The summed E-state index contributed by atoms with van der Waals surface area (Å²) in [5.74, 6) is -0.277. The SMILES string of the molecule is C[C@H](NS(=O)(=O)c1ccc(Cl)cc1)C(=O)Nc1nc2ccccc2[nH]1. The summed E-state index contributed by atoms with van der Waals surface area (Å²) < 4.78 is 26.9. The van der Waals surface area contributed by atoms with Gasteiger partial charge in [0.2, 0.25) is 21.9 Å². The van der Waals surface area contributed by atoms with Crippen LogP contribution in [0.4, 0.5) is 5.95 Å². The van der Waals surface area contributed by atoms with E-state index in [0.717, 1.165) is 5.52 Å². The summed E-state index contributed by atoms with van der Waals surface area (Å²) in [6, 6.07) is 12.0. The van der Waals surface area contributed by atoms with Crippen LogP contribution in [0, 0.1) is 0 Å². The number of anilines is 1. The molecule has 0 aliphatic rings. The van der Waals surface area contributed by atoms with Crippen LogP contribution in [0.3, 0.4) is 0 Å². The Bertz CT molecular complexity index is 982. The molecule has 0 spiro atoms. The highest BCUT2D eigenvalue weighted by Gasteiger charge is 2.22. The van der Waals surface area contributed by atoms with E-state index >= 15 is 0 Å². The van der Waals surface area contributed by atoms with E-state index in [0.29, 0.717) is 10.5 Å². The van der Waals surface area contributed by atoms with Crippen molar-refractivity contribution >= 4 is 44.5 Å². The number of imidazole rings is 1. The summed E-state index contributed by atoms with van der Waals surface area (Å²) in [5, 5.41) is 2.99. The molecule has 0 fully saturated rings. The van der Waals surface area contributed by atoms with E-state index in [-0.39, 0.29) is 10.8 Å². The van der Waals surface area contributed by atoms with Gasteiger partial charge in [-0.25, -0.2) is 13.4 Å². The highest BCUT2D eigenvalue weighted by Crippen LogP contribution is 2.15. The molecule has 25 heavy (non-hydrogen) atoms. The third-order valence-corrected chi connectivity index (χ3v) is 5.29. The first-order chi connectivity index (χ1) is 11.8. The van der Waals surface area contributed by atoms with Crippen molar-refractivity contribution in [2.75, 3.05) is 5.32 Å². The Balaban J connectivity index is 1.70. The van der Waals surface area contributed by atoms with Crippen molar-refractivity contribution in [1.82, 2.24) is 14.7 Å². The molecule has 130 valence electrons.